The predicted octanol–water partition coefficient (Wildman–Crippen LogP) is 5.32. The molecule has 0 aromatic carbocycles. The summed E-state index contributed by atoms with van der Waals surface area (Å²) in [6.45, 7) is 7.99. The van der Waals surface area contributed by atoms with Crippen LogP contribution in [0.2, 0.25) is 0 Å². The maximum Gasteiger partial charge on any atom is 0.0685 e. The van der Waals surface area contributed by atoms with Gasteiger partial charge in [-0.15, -0.1) is 0 Å². The van der Waals surface area contributed by atoms with Gasteiger partial charge in [0.25, 0.3) is 0 Å². The molecule has 2 heteroatoms. The highest BCUT2D eigenvalue weighted by Gasteiger charge is 2.39. The van der Waals surface area contributed by atoms with E-state index < -0.39 is 0 Å². The molecule has 2 unspecified atom stereocenters. The van der Waals surface area contributed by atoms with Crippen LogP contribution in [0.3, 0.4) is 0 Å². The van der Waals surface area contributed by atoms with E-state index in [1.54, 1.807) is 0 Å². The van der Waals surface area contributed by atoms with E-state index in [1.807, 2.05) is 0 Å². The first-order chi connectivity index (χ1) is 8.41. The van der Waals surface area contributed by atoms with Gasteiger partial charge >= 0.3 is 0 Å². The quantitative estimate of drug-likeness (QED) is 0.641. The van der Waals surface area contributed by atoms with Gasteiger partial charge in [-0.05, 0) is 49.9 Å². The molecule has 0 radical (unpaired) electrons. The van der Waals surface area contributed by atoms with Gasteiger partial charge in [-0.3, -0.25) is 0 Å². The molecular weight excluding hydrogens is 288 g/mol. The zero-order valence-electron chi connectivity index (χ0n) is 12.3. The molecule has 0 bridgehead atoms. The molecule has 1 nitrogen and oxygen atoms in total. The van der Waals surface area contributed by atoms with Gasteiger partial charge in [-0.25, -0.2) is 0 Å². The summed E-state index contributed by atoms with van der Waals surface area (Å²) in [5.41, 5.74) is 0.683. The summed E-state index contributed by atoms with van der Waals surface area (Å²) < 4.78 is 6.12. The Balaban J connectivity index is 1.79. The summed E-state index contributed by atoms with van der Waals surface area (Å²) in [6.07, 6.45) is 10.7. The summed E-state index contributed by atoms with van der Waals surface area (Å²) in [4.78, 5) is 0.646. The fraction of sp³-hybridized carbons (Fsp3) is 1.00. The molecule has 18 heavy (non-hydrogen) atoms. The van der Waals surface area contributed by atoms with E-state index in [0.717, 1.165) is 12.5 Å². The zero-order chi connectivity index (χ0) is 13.2. The Morgan fingerprint density at radius 2 is 1.94 bits per heavy atom. The van der Waals surface area contributed by atoms with Crippen LogP contribution in [0.15, 0.2) is 0 Å². The van der Waals surface area contributed by atoms with Gasteiger partial charge in [0.15, 0.2) is 0 Å². The van der Waals surface area contributed by atoms with Gasteiger partial charge < -0.3 is 4.74 Å². The van der Waals surface area contributed by atoms with Gasteiger partial charge in [0.05, 0.1) is 5.60 Å². The molecule has 1 saturated heterocycles. The van der Waals surface area contributed by atoms with Crippen LogP contribution in [-0.2, 0) is 4.74 Å². The van der Waals surface area contributed by atoms with Crippen molar-refractivity contribution in [2.45, 2.75) is 82.6 Å². The van der Waals surface area contributed by atoms with E-state index in [-0.39, 0.29) is 0 Å². The average Bonchev–Trinajstić information content (AvgIpc) is 2.73. The number of hydrogen-bond acceptors (Lipinski definition) is 1. The van der Waals surface area contributed by atoms with Crippen LogP contribution in [-0.4, -0.2) is 17.0 Å². The molecule has 0 aromatic rings. The van der Waals surface area contributed by atoms with Crippen LogP contribution in [0.5, 0.6) is 0 Å². The van der Waals surface area contributed by atoms with Gasteiger partial charge in [0, 0.05) is 11.4 Å². The van der Waals surface area contributed by atoms with Crippen molar-refractivity contribution in [1.82, 2.24) is 0 Å². The Morgan fingerprint density at radius 3 is 2.56 bits per heavy atom. The predicted molar refractivity (Wildman–Crippen MR) is 81.3 cm³/mol. The summed E-state index contributed by atoms with van der Waals surface area (Å²) in [7, 11) is 0. The fourth-order valence-corrected chi connectivity index (χ4v) is 3.82. The number of alkyl halides is 1. The Morgan fingerprint density at radius 1 is 1.28 bits per heavy atom. The molecule has 1 heterocycles. The Kier molecular flexibility index (Phi) is 4.80. The third kappa shape index (κ3) is 3.72. The fourth-order valence-electron chi connectivity index (χ4n) is 3.56. The topological polar surface area (TPSA) is 9.23 Å². The highest BCUT2D eigenvalue weighted by Crippen LogP contribution is 2.43. The minimum Gasteiger partial charge on any atom is -0.375 e. The molecule has 106 valence electrons. The highest BCUT2D eigenvalue weighted by atomic mass is 79.9. The highest BCUT2D eigenvalue weighted by molar-refractivity contribution is 9.09. The smallest absolute Gasteiger partial charge is 0.0685 e. The van der Waals surface area contributed by atoms with E-state index >= 15 is 0 Å². The van der Waals surface area contributed by atoms with Crippen molar-refractivity contribution in [3.63, 3.8) is 0 Å². The maximum absolute atomic E-state index is 6.12. The summed E-state index contributed by atoms with van der Waals surface area (Å²) >= 11 is 3.87. The van der Waals surface area contributed by atoms with Crippen LogP contribution < -0.4 is 0 Å². The molecule has 2 fully saturated rings. The van der Waals surface area contributed by atoms with Gasteiger partial charge in [0.1, 0.15) is 0 Å². The summed E-state index contributed by atoms with van der Waals surface area (Å²) in [6, 6.07) is 0. The Hall–Kier alpha value is 0.440. The molecular formula is C16H29BrO. The van der Waals surface area contributed by atoms with Gasteiger partial charge in [-0.1, -0.05) is 49.5 Å². The lowest BCUT2D eigenvalue weighted by atomic mass is 9.80. The van der Waals surface area contributed by atoms with Crippen molar-refractivity contribution in [3.05, 3.63) is 0 Å². The third-order valence-electron chi connectivity index (χ3n) is 4.88. The lowest BCUT2D eigenvalue weighted by Gasteiger charge is -2.39. The normalized spacial score (nSPS) is 29.7. The second kappa shape index (κ2) is 5.83. The SMILES string of the molecule is CC(C)(C)C(Br)CCC1CCOC2(CCCC2)C1. The molecule has 2 atom stereocenters. The third-order valence-corrected chi connectivity index (χ3v) is 6.71. The van der Waals surface area contributed by atoms with Gasteiger partial charge in [0.2, 0.25) is 0 Å². The lowest BCUT2D eigenvalue weighted by molar-refractivity contribution is -0.0939. The van der Waals surface area contributed by atoms with Crippen LogP contribution in [0.25, 0.3) is 0 Å². The van der Waals surface area contributed by atoms with Crippen molar-refractivity contribution in [3.8, 4) is 0 Å². The molecule has 0 amide bonds. The molecule has 2 aliphatic rings. The molecule has 0 aromatic heterocycles. The Bertz CT molecular complexity index is 263. The number of halogens is 1. The Labute approximate surface area is 121 Å². The standard InChI is InChI=1S/C16H29BrO/c1-15(2,3)14(17)7-6-13-8-11-18-16(12-13)9-4-5-10-16/h13-14H,4-12H2,1-3H3. The first-order valence-electron chi connectivity index (χ1n) is 7.69. The average molecular weight is 317 g/mol. The largest absolute Gasteiger partial charge is 0.375 e. The molecule has 1 aliphatic heterocycles. The van der Waals surface area contributed by atoms with E-state index in [0.29, 0.717) is 15.8 Å². The van der Waals surface area contributed by atoms with Crippen LogP contribution in [0.1, 0.15) is 72.1 Å². The van der Waals surface area contributed by atoms with Crippen molar-refractivity contribution in [2.24, 2.45) is 11.3 Å². The van der Waals surface area contributed by atoms with Crippen molar-refractivity contribution < 1.29 is 4.74 Å². The minimum atomic E-state index is 0.298. The second-order valence-electron chi connectivity index (χ2n) is 7.51. The van der Waals surface area contributed by atoms with Crippen molar-refractivity contribution in [2.75, 3.05) is 6.61 Å². The van der Waals surface area contributed by atoms with Crippen molar-refractivity contribution >= 4 is 15.9 Å². The summed E-state index contributed by atoms with van der Waals surface area (Å²) in [5.74, 6) is 0.902. The maximum atomic E-state index is 6.12. The van der Waals surface area contributed by atoms with E-state index in [4.69, 9.17) is 4.74 Å². The minimum absolute atomic E-state index is 0.298. The van der Waals surface area contributed by atoms with Gasteiger partial charge in [-0.2, -0.15) is 0 Å². The van der Waals surface area contributed by atoms with E-state index in [2.05, 4.69) is 36.7 Å². The lowest BCUT2D eigenvalue weighted by Crippen LogP contribution is -2.37. The second-order valence-corrected chi connectivity index (χ2v) is 8.61. The van der Waals surface area contributed by atoms with E-state index in [9.17, 15) is 0 Å². The zero-order valence-corrected chi connectivity index (χ0v) is 13.9. The number of rotatable bonds is 3. The van der Waals surface area contributed by atoms with Crippen LogP contribution in [0, 0.1) is 11.3 Å². The van der Waals surface area contributed by atoms with E-state index in [1.165, 1.54) is 51.4 Å². The van der Waals surface area contributed by atoms with Crippen LogP contribution >= 0.6 is 15.9 Å². The molecule has 1 spiro atoms. The van der Waals surface area contributed by atoms with Crippen molar-refractivity contribution in [1.29, 1.82) is 0 Å². The molecule has 2 rings (SSSR count). The monoisotopic (exact) mass is 316 g/mol. The first kappa shape index (κ1) is 14.8. The van der Waals surface area contributed by atoms with Crippen LogP contribution in [0.4, 0.5) is 0 Å². The molecule has 1 aliphatic carbocycles. The number of ether oxygens (including phenoxy) is 1. The first-order valence-corrected chi connectivity index (χ1v) is 8.61. The number of hydrogen-bond donors (Lipinski definition) is 0. The summed E-state index contributed by atoms with van der Waals surface area (Å²) in [5, 5.41) is 0. The molecule has 0 N–H and O–H groups in total. The molecule has 1 saturated carbocycles.